The lowest BCUT2D eigenvalue weighted by molar-refractivity contribution is -0.274. The fourth-order valence-electron chi connectivity index (χ4n) is 4.70. The van der Waals surface area contributed by atoms with Crippen LogP contribution >= 0.6 is 24.0 Å². The van der Waals surface area contributed by atoms with Crippen LogP contribution in [-0.2, 0) is 11.2 Å². The van der Waals surface area contributed by atoms with E-state index in [2.05, 4.69) is 36.4 Å². The van der Waals surface area contributed by atoms with E-state index >= 15 is 0 Å². The van der Waals surface area contributed by atoms with Gasteiger partial charge in [-0.3, -0.25) is 15.1 Å². The third kappa shape index (κ3) is 7.94. The first-order valence-corrected chi connectivity index (χ1v) is 15.4. The summed E-state index contributed by atoms with van der Waals surface area (Å²) in [4.78, 5) is 23.2. The van der Waals surface area contributed by atoms with Crippen LogP contribution in [0.1, 0.15) is 30.4 Å². The molecule has 0 radical (unpaired) electrons. The van der Waals surface area contributed by atoms with Crippen molar-refractivity contribution in [2.45, 2.75) is 32.0 Å². The molecule has 2 fully saturated rings. The first kappa shape index (κ1) is 30.5. The van der Waals surface area contributed by atoms with Crippen molar-refractivity contribution in [2.75, 3.05) is 10.7 Å². The summed E-state index contributed by atoms with van der Waals surface area (Å²) in [6.07, 6.45) is 2.92. The van der Waals surface area contributed by atoms with Crippen LogP contribution in [0.15, 0.2) is 89.2 Å². The molecule has 14 heteroatoms. The van der Waals surface area contributed by atoms with E-state index < -0.39 is 6.36 Å². The van der Waals surface area contributed by atoms with Gasteiger partial charge in [0.1, 0.15) is 12.1 Å². The van der Waals surface area contributed by atoms with Gasteiger partial charge in [-0.25, -0.2) is 9.67 Å². The fourth-order valence-corrected chi connectivity index (χ4v) is 5.76. The van der Waals surface area contributed by atoms with Gasteiger partial charge in [-0.1, -0.05) is 67.1 Å². The Balaban J connectivity index is 1.06. The van der Waals surface area contributed by atoms with Gasteiger partial charge in [-0.15, -0.1) is 18.3 Å². The third-order valence-corrected chi connectivity index (χ3v) is 8.19. The van der Waals surface area contributed by atoms with Crippen LogP contribution in [0.2, 0.25) is 0 Å². The number of benzene rings is 3. The van der Waals surface area contributed by atoms with Crippen LogP contribution in [0.3, 0.4) is 0 Å². The first-order valence-electron chi connectivity index (χ1n) is 14.1. The molecule has 2 heterocycles. The van der Waals surface area contributed by atoms with Crippen molar-refractivity contribution in [1.82, 2.24) is 20.2 Å². The standard InChI is InChI=1S/C31H26F3N7O2S2/c32-31(33,34)43-25-15-13-24(14-16-25)40-19-35-28(39-40)23-11-8-21(9-12-23)17-36-38-29(44)37-30-41(27(42)18-45-30)26-4-2-1-3-22(26)10-7-20-5-6-20/h1-4,8-9,11-17,19-20H,5-7,10,18H2,(H,38,44)/b36-17+,37-30-. The van der Waals surface area contributed by atoms with Crippen molar-refractivity contribution in [3.8, 4) is 22.8 Å². The van der Waals surface area contributed by atoms with E-state index in [-0.39, 0.29) is 16.8 Å². The maximum atomic E-state index is 12.8. The summed E-state index contributed by atoms with van der Waals surface area (Å²) in [6.45, 7) is 0. The molecule has 45 heavy (non-hydrogen) atoms. The number of anilines is 1. The third-order valence-electron chi connectivity index (χ3n) is 7.08. The molecule has 1 saturated heterocycles. The molecular weight excluding hydrogens is 624 g/mol. The van der Waals surface area contributed by atoms with Gasteiger partial charge >= 0.3 is 6.36 Å². The van der Waals surface area contributed by atoms with Crippen molar-refractivity contribution < 1.29 is 22.7 Å². The average molecular weight is 650 g/mol. The van der Waals surface area contributed by atoms with Crippen LogP contribution in [0.25, 0.3) is 17.1 Å². The van der Waals surface area contributed by atoms with E-state index in [1.165, 1.54) is 59.9 Å². The Hall–Kier alpha value is -4.56. The average Bonchev–Trinajstić information content (AvgIpc) is 3.60. The molecule has 4 aromatic rings. The van der Waals surface area contributed by atoms with Gasteiger partial charge in [0.05, 0.1) is 23.3 Å². The molecule has 2 aliphatic rings. The Kier molecular flexibility index (Phi) is 8.94. The van der Waals surface area contributed by atoms with E-state index in [9.17, 15) is 18.0 Å². The van der Waals surface area contributed by atoms with E-state index in [1.54, 1.807) is 11.1 Å². The minimum absolute atomic E-state index is 0.0308. The number of amidine groups is 1. The summed E-state index contributed by atoms with van der Waals surface area (Å²) in [5.74, 6) is 1.18. The van der Waals surface area contributed by atoms with Crippen molar-refractivity contribution in [2.24, 2.45) is 16.0 Å². The molecule has 1 aromatic heterocycles. The van der Waals surface area contributed by atoms with Gasteiger partial charge in [0.15, 0.2) is 11.0 Å². The summed E-state index contributed by atoms with van der Waals surface area (Å²) in [5.41, 5.74) is 6.77. The van der Waals surface area contributed by atoms with Crippen LogP contribution in [0.5, 0.6) is 5.75 Å². The predicted octanol–water partition coefficient (Wildman–Crippen LogP) is 6.52. The molecule has 1 saturated carbocycles. The number of hydrogen-bond donors (Lipinski definition) is 1. The highest BCUT2D eigenvalue weighted by Gasteiger charge is 2.32. The highest BCUT2D eigenvalue weighted by molar-refractivity contribution is 8.15. The van der Waals surface area contributed by atoms with Gasteiger partial charge in [0.2, 0.25) is 11.0 Å². The summed E-state index contributed by atoms with van der Waals surface area (Å²) >= 11 is 6.74. The van der Waals surface area contributed by atoms with E-state index in [1.807, 2.05) is 42.5 Å². The van der Waals surface area contributed by atoms with Gasteiger partial charge in [-0.2, -0.15) is 10.1 Å². The molecule has 1 aliphatic heterocycles. The molecule has 9 nitrogen and oxygen atoms in total. The van der Waals surface area contributed by atoms with Crippen molar-refractivity contribution in [1.29, 1.82) is 0 Å². The van der Waals surface area contributed by atoms with Gasteiger partial charge in [0.25, 0.3) is 0 Å². The Labute approximate surface area is 266 Å². The number of aliphatic imine (C=N–C) groups is 1. The van der Waals surface area contributed by atoms with Gasteiger partial charge in [-0.05, 0) is 72.4 Å². The van der Waals surface area contributed by atoms with E-state index in [4.69, 9.17) is 12.2 Å². The smallest absolute Gasteiger partial charge is 0.406 e. The second-order valence-electron chi connectivity index (χ2n) is 10.4. The minimum Gasteiger partial charge on any atom is -0.406 e. The highest BCUT2D eigenvalue weighted by Crippen LogP contribution is 2.36. The molecule has 1 amide bonds. The van der Waals surface area contributed by atoms with E-state index in [0.29, 0.717) is 22.4 Å². The van der Waals surface area contributed by atoms with Crippen LogP contribution in [0, 0.1) is 5.92 Å². The Morgan fingerprint density at radius 2 is 1.84 bits per heavy atom. The summed E-state index contributed by atoms with van der Waals surface area (Å²) in [7, 11) is 0. The largest absolute Gasteiger partial charge is 0.573 e. The number of amides is 1. The quantitative estimate of drug-likeness (QED) is 0.125. The second-order valence-corrected chi connectivity index (χ2v) is 11.7. The number of rotatable bonds is 9. The number of hydrogen-bond acceptors (Lipinski definition) is 7. The van der Waals surface area contributed by atoms with E-state index in [0.717, 1.165) is 41.1 Å². The molecule has 1 N–H and O–H groups in total. The number of nitrogens with one attached hydrogen (secondary N) is 1. The number of hydrazone groups is 1. The molecule has 230 valence electrons. The Morgan fingerprint density at radius 1 is 1.09 bits per heavy atom. The molecule has 0 bridgehead atoms. The van der Waals surface area contributed by atoms with Crippen molar-refractivity contribution >= 4 is 52.1 Å². The van der Waals surface area contributed by atoms with Gasteiger partial charge in [0, 0.05) is 5.56 Å². The lowest BCUT2D eigenvalue weighted by Crippen LogP contribution is -2.31. The first-order chi connectivity index (χ1) is 21.7. The number of para-hydroxylation sites is 1. The monoisotopic (exact) mass is 649 g/mol. The molecule has 0 unspecified atom stereocenters. The zero-order valence-electron chi connectivity index (χ0n) is 23.6. The lowest BCUT2D eigenvalue weighted by atomic mass is 10.0. The zero-order valence-corrected chi connectivity index (χ0v) is 25.3. The van der Waals surface area contributed by atoms with Crippen molar-refractivity contribution in [3.05, 3.63) is 90.3 Å². The fraction of sp³-hybridized carbons (Fsp3) is 0.226. The summed E-state index contributed by atoms with van der Waals surface area (Å²) in [5, 5.41) is 9.26. The SMILES string of the molecule is O=C1CS/C(=N\C(=S)N/N=C/c2ccc(-c3ncn(-c4ccc(OC(F)(F)F)cc4)n3)cc2)N1c1ccccc1CCC1CC1. The predicted molar refractivity (Wildman–Crippen MR) is 172 cm³/mol. The van der Waals surface area contributed by atoms with Crippen LogP contribution < -0.4 is 15.1 Å². The Morgan fingerprint density at radius 3 is 2.58 bits per heavy atom. The number of aryl methyl sites for hydroxylation is 1. The van der Waals surface area contributed by atoms with Crippen LogP contribution in [0.4, 0.5) is 18.9 Å². The maximum absolute atomic E-state index is 12.8. The molecule has 3 aromatic carbocycles. The number of thioether (sulfide) groups is 1. The van der Waals surface area contributed by atoms with Crippen molar-refractivity contribution in [3.63, 3.8) is 0 Å². The summed E-state index contributed by atoms with van der Waals surface area (Å²) in [6, 6.07) is 20.6. The Bertz CT molecular complexity index is 1750. The summed E-state index contributed by atoms with van der Waals surface area (Å²) < 4.78 is 42.6. The number of nitrogens with zero attached hydrogens (tertiary/aromatic N) is 6. The number of ether oxygens (including phenoxy) is 1. The highest BCUT2D eigenvalue weighted by atomic mass is 32.2. The van der Waals surface area contributed by atoms with Crippen LogP contribution in [-0.4, -0.2) is 49.3 Å². The molecule has 0 atom stereocenters. The number of carbonyl (C=O) groups is 1. The second kappa shape index (κ2) is 13.2. The minimum atomic E-state index is -4.76. The normalized spacial score (nSPS) is 16.1. The number of carbonyl (C=O) groups excluding carboxylic acids is 1. The van der Waals surface area contributed by atoms with Gasteiger partial charge < -0.3 is 4.74 Å². The molecular formula is C31H26F3N7O2S2. The number of aromatic nitrogens is 3. The maximum Gasteiger partial charge on any atom is 0.573 e. The molecule has 1 aliphatic carbocycles. The molecule has 0 spiro atoms. The molecule has 6 rings (SSSR count). The zero-order chi connectivity index (χ0) is 31.4. The number of halogens is 3. The lowest BCUT2D eigenvalue weighted by Gasteiger charge is -2.20. The number of alkyl halides is 3. The topological polar surface area (TPSA) is 97.0 Å². The number of thiocarbonyl (C=S) groups is 1.